The third-order valence-corrected chi connectivity index (χ3v) is 4.04. The molecule has 1 unspecified atom stereocenters. The summed E-state index contributed by atoms with van der Waals surface area (Å²) in [6, 6.07) is 0.173. The molecule has 2 aliphatic rings. The van der Waals surface area contributed by atoms with Crippen molar-refractivity contribution in [1.29, 1.82) is 0 Å². The third kappa shape index (κ3) is 2.99. The minimum Gasteiger partial charge on any atom is -0.393 e. The average Bonchev–Trinajstić information content (AvgIpc) is 3.11. The normalized spacial score (nSPS) is 30.4. The highest BCUT2D eigenvalue weighted by atomic mass is 16.5. The average molecular weight is 280 g/mol. The Morgan fingerprint density at radius 3 is 2.80 bits per heavy atom. The first-order chi connectivity index (χ1) is 9.72. The van der Waals surface area contributed by atoms with Crippen LogP contribution in [0.15, 0.2) is 4.52 Å². The fourth-order valence-corrected chi connectivity index (χ4v) is 2.83. The van der Waals surface area contributed by atoms with Crippen LogP contribution in [0.25, 0.3) is 0 Å². The number of amides is 1. The number of aliphatic hydroxyl groups excluding tert-OH is 1. The molecule has 1 saturated heterocycles. The molecule has 7 nitrogen and oxygen atoms in total. The first-order valence-electron chi connectivity index (χ1n) is 7.28. The zero-order chi connectivity index (χ0) is 13.9. The second-order valence-electron chi connectivity index (χ2n) is 5.58. The highest BCUT2D eigenvalue weighted by molar-refractivity contribution is 5.90. The number of carbonyl (C=O) groups excluding carboxylic acids is 1. The molecule has 1 aromatic rings. The van der Waals surface area contributed by atoms with Crippen molar-refractivity contribution in [3.8, 4) is 0 Å². The quantitative estimate of drug-likeness (QED) is 0.746. The molecular formula is C13H20N4O3. The Labute approximate surface area is 117 Å². The Bertz CT molecular complexity index is 462. The summed E-state index contributed by atoms with van der Waals surface area (Å²) in [5, 5.41) is 19.4. The molecule has 7 heteroatoms. The van der Waals surface area contributed by atoms with Gasteiger partial charge in [-0.05, 0) is 45.1 Å². The lowest BCUT2D eigenvalue weighted by Crippen LogP contribution is -2.39. The zero-order valence-corrected chi connectivity index (χ0v) is 11.3. The van der Waals surface area contributed by atoms with Crippen LogP contribution in [-0.4, -0.2) is 39.8 Å². The molecule has 110 valence electrons. The van der Waals surface area contributed by atoms with Crippen LogP contribution in [0.5, 0.6) is 0 Å². The van der Waals surface area contributed by atoms with E-state index in [1.807, 2.05) is 0 Å². The third-order valence-electron chi connectivity index (χ3n) is 4.04. The van der Waals surface area contributed by atoms with Gasteiger partial charge in [0.25, 0.3) is 11.7 Å². The molecule has 1 atom stereocenters. The number of aliphatic hydroxyl groups is 1. The standard InChI is InChI=1S/C13H20N4O3/c18-9-5-3-8(4-6-9)15-12(19)11-16-13(20-17-11)10-2-1-7-14-10/h8-10,14,18H,1-7H2,(H,15,19). The van der Waals surface area contributed by atoms with Crippen LogP contribution >= 0.6 is 0 Å². The molecule has 0 aromatic carbocycles. The highest BCUT2D eigenvalue weighted by Gasteiger charge is 2.26. The van der Waals surface area contributed by atoms with Gasteiger partial charge in [-0.3, -0.25) is 4.79 Å². The molecule has 1 aliphatic carbocycles. The fourth-order valence-electron chi connectivity index (χ4n) is 2.83. The number of hydrogen-bond acceptors (Lipinski definition) is 6. The maximum absolute atomic E-state index is 12.0. The number of aromatic nitrogens is 2. The van der Waals surface area contributed by atoms with Crippen LogP contribution in [0, 0.1) is 0 Å². The van der Waals surface area contributed by atoms with E-state index in [-0.39, 0.29) is 29.9 Å². The van der Waals surface area contributed by atoms with Gasteiger partial charge >= 0.3 is 0 Å². The van der Waals surface area contributed by atoms with Crippen molar-refractivity contribution < 1.29 is 14.4 Å². The van der Waals surface area contributed by atoms with E-state index in [2.05, 4.69) is 20.8 Å². The van der Waals surface area contributed by atoms with Crippen LogP contribution < -0.4 is 10.6 Å². The minimum absolute atomic E-state index is 0.0777. The van der Waals surface area contributed by atoms with Gasteiger partial charge in [-0.1, -0.05) is 5.16 Å². The largest absolute Gasteiger partial charge is 0.393 e. The van der Waals surface area contributed by atoms with Crippen LogP contribution in [0.4, 0.5) is 0 Å². The number of carbonyl (C=O) groups is 1. The summed E-state index contributed by atoms with van der Waals surface area (Å²) in [7, 11) is 0. The van der Waals surface area contributed by atoms with Crippen molar-refractivity contribution in [3.63, 3.8) is 0 Å². The molecule has 1 aromatic heterocycles. The highest BCUT2D eigenvalue weighted by Crippen LogP contribution is 2.21. The molecule has 0 bridgehead atoms. The molecule has 1 amide bonds. The molecule has 3 rings (SSSR count). The first-order valence-corrected chi connectivity index (χ1v) is 7.28. The van der Waals surface area contributed by atoms with Crippen molar-refractivity contribution in [3.05, 3.63) is 11.7 Å². The minimum atomic E-state index is -0.292. The molecule has 1 saturated carbocycles. The van der Waals surface area contributed by atoms with Gasteiger partial charge in [-0.25, -0.2) is 0 Å². The molecule has 0 spiro atoms. The van der Waals surface area contributed by atoms with E-state index in [0.29, 0.717) is 5.89 Å². The smallest absolute Gasteiger partial charge is 0.292 e. The van der Waals surface area contributed by atoms with E-state index in [1.54, 1.807) is 0 Å². The van der Waals surface area contributed by atoms with Crippen molar-refractivity contribution in [2.45, 2.75) is 56.7 Å². The van der Waals surface area contributed by atoms with E-state index in [0.717, 1.165) is 45.1 Å². The maximum atomic E-state index is 12.0. The molecule has 1 aliphatic heterocycles. The van der Waals surface area contributed by atoms with Gasteiger partial charge in [0, 0.05) is 6.04 Å². The molecule has 2 fully saturated rings. The predicted octanol–water partition coefficient (Wildman–Crippen LogP) is 0.527. The van der Waals surface area contributed by atoms with Crippen molar-refractivity contribution in [1.82, 2.24) is 20.8 Å². The van der Waals surface area contributed by atoms with Crippen LogP contribution in [0.2, 0.25) is 0 Å². The van der Waals surface area contributed by atoms with E-state index in [4.69, 9.17) is 4.52 Å². The van der Waals surface area contributed by atoms with Crippen molar-refractivity contribution >= 4 is 5.91 Å². The Hall–Kier alpha value is -1.47. The van der Waals surface area contributed by atoms with Gasteiger partial charge in [-0.2, -0.15) is 4.98 Å². The van der Waals surface area contributed by atoms with Gasteiger partial charge in [-0.15, -0.1) is 0 Å². The number of hydrogen-bond donors (Lipinski definition) is 3. The van der Waals surface area contributed by atoms with Crippen molar-refractivity contribution in [2.24, 2.45) is 0 Å². The molecule has 20 heavy (non-hydrogen) atoms. The Morgan fingerprint density at radius 2 is 2.10 bits per heavy atom. The van der Waals surface area contributed by atoms with Crippen LogP contribution in [0.3, 0.4) is 0 Å². The molecule has 0 radical (unpaired) electrons. The molecular weight excluding hydrogens is 260 g/mol. The van der Waals surface area contributed by atoms with Gasteiger partial charge in [0.2, 0.25) is 5.89 Å². The first kappa shape index (κ1) is 13.5. The topological polar surface area (TPSA) is 100 Å². The van der Waals surface area contributed by atoms with E-state index < -0.39 is 0 Å². The summed E-state index contributed by atoms with van der Waals surface area (Å²) >= 11 is 0. The summed E-state index contributed by atoms with van der Waals surface area (Å²) in [4.78, 5) is 16.2. The Balaban J connectivity index is 1.57. The zero-order valence-electron chi connectivity index (χ0n) is 11.3. The monoisotopic (exact) mass is 280 g/mol. The van der Waals surface area contributed by atoms with Gasteiger partial charge in [0.1, 0.15) is 0 Å². The Morgan fingerprint density at radius 1 is 1.30 bits per heavy atom. The lowest BCUT2D eigenvalue weighted by atomic mass is 9.93. The maximum Gasteiger partial charge on any atom is 0.292 e. The van der Waals surface area contributed by atoms with Gasteiger partial charge in [0.15, 0.2) is 0 Å². The number of rotatable bonds is 3. The number of nitrogens with one attached hydrogen (secondary N) is 2. The SMILES string of the molecule is O=C(NC1CCC(O)CC1)c1noc(C2CCCN2)n1. The van der Waals surface area contributed by atoms with E-state index >= 15 is 0 Å². The lowest BCUT2D eigenvalue weighted by molar-refractivity contribution is 0.0855. The number of nitrogens with zero attached hydrogens (tertiary/aromatic N) is 2. The van der Waals surface area contributed by atoms with E-state index in [9.17, 15) is 9.90 Å². The van der Waals surface area contributed by atoms with Crippen LogP contribution in [-0.2, 0) is 0 Å². The van der Waals surface area contributed by atoms with E-state index in [1.165, 1.54) is 0 Å². The predicted molar refractivity (Wildman–Crippen MR) is 70.0 cm³/mol. The molecule has 3 N–H and O–H groups in total. The summed E-state index contributed by atoms with van der Waals surface area (Å²) in [6.07, 6.45) is 4.86. The summed E-state index contributed by atoms with van der Waals surface area (Å²) in [6.45, 7) is 0.943. The van der Waals surface area contributed by atoms with Crippen LogP contribution in [0.1, 0.15) is 61.1 Å². The second kappa shape index (κ2) is 5.88. The fraction of sp³-hybridized carbons (Fsp3) is 0.769. The summed E-state index contributed by atoms with van der Waals surface area (Å²) < 4.78 is 5.15. The van der Waals surface area contributed by atoms with Crippen molar-refractivity contribution in [2.75, 3.05) is 6.54 Å². The summed E-state index contributed by atoms with van der Waals surface area (Å²) in [5.74, 6) is 0.297. The lowest BCUT2D eigenvalue weighted by Gasteiger charge is -2.25. The van der Waals surface area contributed by atoms with Gasteiger partial charge in [0.05, 0.1) is 12.1 Å². The second-order valence-corrected chi connectivity index (χ2v) is 5.58. The Kier molecular flexibility index (Phi) is 3.98. The van der Waals surface area contributed by atoms with Gasteiger partial charge < -0.3 is 20.3 Å². The summed E-state index contributed by atoms with van der Waals surface area (Å²) in [5.41, 5.74) is 0. The molecule has 2 heterocycles.